The van der Waals surface area contributed by atoms with Gasteiger partial charge in [-0.2, -0.15) is 0 Å². The lowest BCUT2D eigenvalue weighted by molar-refractivity contribution is -0.243. The predicted octanol–water partition coefficient (Wildman–Crippen LogP) is 0.468. The lowest BCUT2D eigenvalue weighted by Crippen LogP contribution is -2.59. The molecule has 1 saturated heterocycles. The number of rotatable bonds is 3. The van der Waals surface area contributed by atoms with Crippen molar-refractivity contribution < 1.29 is 24.8 Å². The number of hydrogen-bond acceptors (Lipinski definition) is 7. The maximum atomic E-state index is 9.80. The number of hydrogen-bond donors (Lipinski definition) is 4. The SMILES string of the molecule is [N-]=[N+]=N[C@H]1C(OC(=N)C(Cl)(Cl)Cl)O[C@H](CO)[C@H](O)[C@@H]1O. The minimum atomic E-state index is -2.18. The molecule has 0 aromatic heterocycles. The summed E-state index contributed by atoms with van der Waals surface area (Å²) in [5.41, 5.74) is 8.43. The molecule has 0 spiro atoms. The fraction of sp³-hybridized carbons (Fsp3) is 0.875. The molecule has 9 nitrogen and oxygen atoms in total. The van der Waals surface area contributed by atoms with Gasteiger partial charge in [0.25, 0.3) is 3.79 Å². The molecule has 0 radical (unpaired) electrons. The number of azide groups is 1. The summed E-state index contributed by atoms with van der Waals surface area (Å²) < 4.78 is 7.79. The number of ether oxygens (including phenoxy) is 2. The fourth-order valence-corrected chi connectivity index (χ4v) is 1.66. The molecule has 1 aliphatic heterocycles. The zero-order valence-electron chi connectivity index (χ0n) is 9.73. The summed E-state index contributed by atoms with van der Waals surface area (Å²) in [5, 5.41) is 39.1. The van der Waals surface area contributed by atoms with Crippen LogP contribution in [0.1, 0.15) is 0 Å². The molecule has 0 amide bonds. The summed E-state index contributed by atoms with van der Waals surface area (Å²) in [6.07, 6.45) is -5.78. The lowest BCUT2D eigenvalue weighted by Gasteiger charge is -2.40. The van der Waals surface area contributed by atoms with Crippen LogP contribution in [0.2, 0.25) is 0 Å². The van der Waals surface area contributed by atoms with Crippen molar-refractivity contribution in [2.24, 2.45) is 5.11 Å². The minimum Gasteiger partial charge on any atom is -0.448 e. The second-order valence-corrected chi connectivity index (χ2v) is 6.13. The van der Waals surface area contributed by atoms with Crippen LogP contribution in [0, 0.1) is 5.41 Å². The number of aliphatic hydroxyl groups excluding tert-OH is 3. The zero-order chi connectivity index (χ0) is 15.5. The Balaban J connectivity index is 2.94. The molecule has 0 aromatic carbocycles. The first-order chi connectivity index (χ1) is 9.22. The van der Waals surface area contributed by atoms with E-state index < -0.39 is 46.9 Å². The fourth-order valence-electron chi connectivity index (χ4n) is 1.53. The second-order valence-electron chi connectivity index (χ2n) is 3.85. The molecular formula is C8H11Cl3N4O5. The van der Waals surface area contributed by atoms with E-state index in [0.717, 1.165) is 0 Å². The largest absolute Gasteiger partial charge is 0.448 e. The number of aliphatic hydroxyl groups is 3. The molecule has 114 valence electrons. The van der Waals surface area contributed by atoms with E-state index in [1.54, 1.807) is 0 Å². The van der Waals surface area contributed by atoms with E-state index in [9.17, 15) is 10.2 Å². The third kappa shape index (κ3) is 4.00. The third-order valence-corrected chi connectivity index (χ3v) is 3.04. The van der Waals surface area contributed by atoms with E-state index in [1.807, 2.05) is 0 Å². The van der Waals surface area contributed by atoms with Crippen LogP contribution in [0.5, 0.6) is 0 Å². The maximum Gasteiger partial charge on any atom is 0.265 e. The van der Waals surface area contributed by atoms with Crippen LogP contribution in [-0.4, -0.2) is 62.3 Å². The Labute approximate surface area is 128 Å². The van der Waals surface area contributed by atoms with Crippen molar-refractivity contribution in [1.82, 2.24) is 0 Å². The quantitative estimate of drug-likeness (QED) is 0.146. The average molecular weight is 350 g/mol. The van der Waals surface area contributed by atoms with Crippen molar-refractivity contribution in [3.8, 4) is 0 Å². The van der Waals surface area contributed by atoms with Gasteiger partial charge in [-0.3, -0.25) is 5.41 Å². The monoisotopic (exact) mass is 348 g/mol. The van der Waals surface area contributed by atoms with Gasteiger partial charge in [0, 0.05) is 4.91 Å². The molecule has 1 rings (SSSR count). The first kappa shape index (κ1) is 17.5. The Kier molecular flexibility index (Phi) is 6.11. The number of nitrogens with one attached hydrogen (secondary N) is 1. The summed E-state index contributed by atoms with van der Waals surface area (Å²) in [4.78, 5) is 2.48. The summed E-state index contributed by atoms with van der Waals surface area (Å²) in [7, 11) is 0. The van der Waals surface area contributed by atoms with Crippen LogP contribution in [0.15, 0.2) is 5.11 Å². The topological polar surface area (TPSA) is 152 Å². The minimum absolute atomic E-state index is 0.637. The van der Waals surface area contributed by atoms with Crippen LogP contribution >= 0.6 is 34.8 Å². The van der Waals surface area contributed by atoms with Crippen LogP contribution in [0.4, 0.5) is 0 Å². The van der Waals surface area contributed by atoms with Crippen LogP contribution < -0.4 is 0 Å². The van der Waals surface area contributed by atoms with Gasteiger partial charge < -0.3 is 24.8 Å². The Morgan fingerprint density at radius 1 is 1.40 bits per heavy atom. The summed E-state index contributed by atoms with van der Waals surface area (Å²) in [6, 6.07) is -1.38. The van der Waals surface area contributed by atoms with E-state index in [-0.39, 0.29) is 0 Å². The Morgan fingerprint density at radius 2 is 2.00 bits per heavy atom. The molecule has 1 aliphatic rings. The second kappa shape index (κ2) is 6.97. The van der Waals surface area contributed by atoms with E-state index in [2.05, 4.69) is 10.0 Å². The van der Waals surface area contributed by atoms with Crippen molar-refractivity contribution in [3.05, 3.63) is 10.4 Å². The Bertz CT molecular complexity index is 413. The summed E-state index contributed by atoms with van der Waals surface area (Å²) >= 11 is 16.3. The molecule has 0 bridgehead atoms. The molecule has 20 heavy (non-hydrogen) atoms. The highest BCUT2D eigenvalue weighted by Crippen LogP contribution is 2.31. The molecule has 1 unspecified atom stereocenters. The first-order valence-corrected chi connectivity index (χ1v) is 6.34. The van der Waals surface area contributed by atoms with E-state index in [1.165, 1.54) is 0 Å². The smallest absolute Gasteiger partial charge is 0.265 e. The van der Waals surface area contributed by atoms with Crippen molar-refractivity contribution in [1.29, 1.82) is 5.41 Å². The Morgan fingerprint density at radius 3 is 2.45 bits per heavy atom. The van der Waals surface area contributed by atoms with Crippen LogP contribution in [0.25, 0.3) is 10.4 Å². The first-order valence-electron chi connectivity index (χ1n) is 5.21. The van der Waals surface area contributed by atoms with Gasteiger partial charge >= 0.3 is 0 Å². The van der Waals surface area contributed by atoms with Gasteiger partial charge in [-0.05, 0) is 5.53 Å². The molecule has 0 aromatic rings. The van der Waals surface area contributed by atoms with Crippen molar-refractivity contribution >= 4 is 40.7 Å². The van der Waals surface area contributed by atoms with Crippen LogP contribution in [-0.2, 0) is 9.47 Å². The van der Waals surface area contributed by atoms with E-state index >= 15 is 0 Å². The molecule has 0 aliphatic carbocycles. The normalized spacial score (nSPS) is 34.2. The standard InChI is InChI=1S/C8H11Cl3N4O5/c9-8(10,11)7(12)20-6-3(14-15-13)5(18)4(17)2(1-16)19-6/h2-6,12,16-18H,1H2/t2-,3-,4+,5-,6?/m1/s1. The average Bonchev–Trinajstić information content (AvgIpc) is 2.36. The third-order valence-electron chi connectivity index (χ3n) is 2.52. The maximum absolute atomic E-state index is 9.80. The van der Waals surface area contributed by atoms with Gasteiger partial charge in [0.1, 0.15) is 18.2 Å². The highest BCUT2D eigenvalue weighted by molar-refractivity contribution is 6.76. The molecule has 0 saturated carbocycles. The highest BCUT2D eigenvalue weighted by Gasteiger charge is 2.46. The number of nitrogens with zero attached hydrogens (tertiary/aromatic N) is 3. The lowest BCUT2D eigenvalue weighted by atomic mass is 9.98. The Hall–Kier alpha value is -0.510. The summed E-state index contributed by atoms with van der Waals surface area (Å²) in [6.45, 7) is -0.637. The van der Waals surface area contributed by atoms with Gasteiger partial charge in [0.05, 0.1) is 12.7 Å². The van der Waals surface area contributed by atoms with Gasteiger partial charge in [-0.1, -0.05) is 39.9 Å². The van der Waals surface area contributed by atoms with Crippen LogP contribution in [0.3, 0.4) is 0 Å². The molecular weight excluding hydrogens is 338 g/mol. The number of halogens is 3. The summed E-state index contributed by atoms with van der Waals surface area (Å²) in [5.74, 6) is -0.828. The number of alkyl halides is 3. The predicted molar refractivity (Wildman–Crippen MR) is 69.8 cm³/mol. The van der Waals surface area contributed by atoms with Gasteiger partial charge in [0.2, 0.25) is 12.2 Å². The molecule has 4 N–H and O–H groups in total. The zero-order valence-corrected chi connectivity index (χ0v) is 12.0. The van der Waals surface area contributed by atoms with E-state index in [0.29, 0.717) is 0 Å². The molecule has 1 heterocycles. The van der Waals surface area contributed by atoms with Crippen molar-refractivity contribution in [2.45, 2.75) is 34.4 Å². The van der Waals surface area contributed by atoms with Gasteiger partial charge in [-0.25, -0.2) is 0 Å². The van der Waals surface area contributed by atoms with E-state index in [4.69, 9.17) is 60.3 Å². The highest BCUT2D eigenvalue weighted by atomic mass is 35.6. The van der Waals surface area contributed by atoms with Gasteiger partial charge in [0.15, 0.2) is 0 Å². The van der Waals surface area contributed by atoms with Crippen molar-refractivity contribution in [2.75, 3.05) is 6.61 Å². The van der Waals surface area contributed by atoms with Gasteiger partial charge in [-0.15, -0.1) is 0 Å². The molecule has 12 heteroatoms. The molecule has 1 fully saturated rings. The van der Waals surface area contributed by atoms with Crippen molar-refractivity contribution in [3.63, 3.8) is 0 Å². The molecule has 5 atom stereocenters.